The van der Waals surface area contributed by atoms with Crippen LogP contribution in [0, 0.1) is 5.92 Å². The van der Waals surface area contributed by atoms with Gasteiger partial charge in [0.25, 0.3) is 5.91 Å². The van der Waals surface area contributed by atoms with Crippen molar-refractivity contribution in [3.8, 4) is 22.6 Å². The van der Waals surface area contributed by atoms with Crippen LogP contribution in [0.25, 0.3) is 11.1 Å². The topological polar surface area (TPSA) is 80.3 Å². The Morgan fingerprint density at radius 1 is 1.02 bits per heavy atom. The number of anilines is 2. The van der Waals surface area contributed by atoms with Crippen molar-refractivity contribution >= 4 is 23.2 Å². The summed E-state index contributed by atoms with van der Waals surface area (Å²) in [7, 11) is 1.67. The van der Waals surface area contributed by atoms with E-state index in [1.54, 1.807) is 12.0 Å². The summed E-state index contributed by atoms with van der Waals surface area (Å²) < 4.78 is 16.7. The van der Waals surface area contributed by atoms with E-state index in [1.807, 2.05) is 23.1 Å². The Bertz CT molecular complexity index is 1520. The van der Waals surface area contributed by atoms with Gasteiger partial charge in [-0.25, -0.2) is 0 Å². The molecule has 0 bridgehead atoms. The van der Waals surface area contributed by atoms with E-state index >= 15 is 0 Å². The SMILES string of the molecule is COCCCN1C(=O)COc2ccc(N(C(=O)[C@H]3CNCC[C@@H]3c3cccc(-c4ccc5c(c4)CCO5)c3)C3CC3)cc21. The van der Waals surface area contributed by atoms with E-state index in [0.717, 1.165) is 62.4 Å². The molecule has 1 saturated heterocycles. The second kappa shape index (κ2) is 12.0. The second-order valence-corrected chi connectivity index (χ2v) is 12.0. The lowest BCUT2D eigenvalue weighted by molar-refractivity contribution is -0.123. The molecule has 2 atom stereocenters. The van der Waals surface area contributed by atoms with Crippen LogP contribution in [0.4, 0.5) is 11.4 Å². The van der Waals surface area contributed by atoms with E-state index in [2.05, 4.69) is 47.8 Å². The molecule has 3 aromatic carbocycles. The highest BCUT2D eigenvalue weighted by molar-refractivity contribution is 6.01. The van der Waals surface area contributed by atoms with E-state index < -0.39 is 0 Å². The average molecular weight is 582 g/mol. The van der Waals surface area contributed by atoms with Crippen LogP contribution >= 0.6 is 0 Å². The van der Waals surface area contributed by atoms with Gasteiger partial charge in [-0.05, 0) is 90.7 Å². The van der Waals surface area contributed by atoms with Crippen LogP contribution in [0.15, 0.2) is 60.7 Å². The number of nitrogens with one attached hydrogen (secondary N) is 1. The van der Waals surface area contributed by atoms with E-state index in [0.29, 0.717) is 25.4 Å². The third-order valence-corrected chi connectivity index (χ3v) is 9.18. The third kappa shape index (κ3) is 5.61. The zero-order valence-corrected chi connectivity index (χ0v) is 24.7. The van der Waals surface area contributed by atoms with Gasteiger partial charge in [0, 0.05) is 45.0 Å². The molecular weight excluding hydrogens is 542 g/mol. The number of hydrogen-bond acceptors (Lipinski definition) is 6. The van der Waals surface area contributed by atoms with Crippen molar-refractivity contribution in [2.24, 2.45) is 5.92 Å². The second-order valence-electron chi connectivity index (χ2n) is 12.0. The lowest BCUT2D eigenvalue weighted by atomic mass is 9.79. The number of piperidine rings is 1. The Balaban J connectivity index is 1.17. The van der Waals surface area contributed by atoms with Gasteiger partial charge >= 0.3 is 0 Å². The molecule has 8 heteroatoms. The summed E-state index contributed by atoms with van der Waals surface area (Å²) >= 11 is 0. The molecule has 2 amide bonds. The Kier molecular flexibility index (Phi) is 7.80. The van der Waals surface area contributed by atoms with Crippen molar-refractivity contribution in [1.82, 2.24) is 5.32 Å². The first-order chi connectivity index (χ1) is 21.1. The van der Waals surface area contributed by atoms with Crippen LogP contribution in [-0.4, -0.2) is 64.4 Å². The van der Waals surface area contributed by atoms with E-state index in [9.17, 15) is 9.59 Å². The molecule has 0 aromatic heterocycles. The number of carbonyl (C=O) groups is 2. The van der Waals surface area contributed by atoms with Crippen LogP contribution in [-0.2, 0) is 20.7 Å². The minimum Gasteiger partial charge on any atom is -0.493 e. The van der Waals surface area contributed by atoms with E-state index in [1.165, 1.54) is 22.3 Å². The van der Waals surface area contributed by atoms with Gasteiger partial charge in [0.2, 0.25) is 5.91 Å². The van der Waals surface area contributed by atoms with Gasteiger partial charge in [0.1, 0.15) is 11.5 Å². The van der Waals surface area contributed by atoms with Crippen LogP contribution in [0.5, 0.6) is 11.5 Å². The zero-order valence-electron chi connectivity index (χ0n) is 24.7. The molecule has 0 radical (unpaired) electrons. The van der Waals surface area contributed by atoms with Gasteiger partial charge in [0.15, 0.2) is 6.61 Å². The van der Waals surface area contributed by atoms with Crippen LogP contribution in [0.3, 0.4) is 0 Å². The van der Waals surface area contributed by atoms with Gasteiger partial charge in [-0.15, -0.1) is 0 Å². The Hall–Kier alpha value is -3.88. The molecule has 224 valence electrons. The molecule has 3 aromatic rings. The monoisotopic (exact) mass is 581 g/mol. The maximum absolute atomic E-state index is 14.5. The maximum atomic E-state index is 14.5. The summed E-state index contributed by atoms with van der Waals surface area (Å²) in [5.41, 5.74) is 6.38. The summed E-state index contributed by atoms with van der Waals surface area (Å²) in [4.78, 5) is 31.1. The molecule has 3 heterocycles. The Labute approximate surface area is 252 Å². The van der Waals surface area contributed by atoms with Gasteiger partial charge < -0.3 is 29.3 Å². The van der Waals surface area contributed by atoms with Crippen molar-refractivity contribution in [2.45, 2.75) is 44.1 Å². The first-order valence-electron chi connectivity index (χ1n) is 15.6. The van der Waals surface area contributed by atoms with Crippen LogP contribution < -0.4 is 24.6 Å². The van der Waals surface area contributed by atoms with Gasteiger partial charge in [0.05, 0.1) is 18.2 Å². The highest BCUT2D eigenvalue weighted by Crippen LogP contribution is 2.42. The molecule has 2 fully saturated rings. The molecular formula is C35H39N3O5. The van der Waals surface area contributed by atoms with Crippen LogP contribution in [0.1, 0.15) is 42.7 Å². The van der Waals surface area contributed by atoms with Crippen molar-refractivity contribution < 1.29 is 23.8 Å². The van der Waals surface area contributed by atoms with E-state index in [4.69, 9.17) is 14.2 Å². The average Bonchev–Trinajstić information content (AvgIpc) is 3.76. The number of fused-ring (bicyclic) bond motifs is 2. The number of benzene rings is 3. The lowest BCUT2D eigenvalue weighted by Gasteiger charge is -2.36. The minimum absolute atomic E-state index is 0.0261. The first kappa shape index (κ1) is 27.9. The number of carbonyl (C=O) groups excluding carboxylic acids is 2. The number of amides is 2. The predicted molar refractivity (Wildman–Crippen MR) is 166 cm³/mol. The number of ether oxygens (including phenoxy) is 3. The summed E-state index contributed by atoms with van der Waals surface area (Å²) in [5, 5.41) is 3.50. The molecule has 1 saturated carbocycles. The fourth-order valence-electron chi connectivity index (χ4n) is 6.81. The van der Waals surface area contributed by atoms with Crippen molar-refractivity contribution in [3.63, 3.8) is 0 Å². The summed E-state index contributed by atoms with van der Waals surface area (Å²) in [6.07, 6.45) is 4.54. The zero-order chi connectivity index (χ0) is 29.3. The number of rotatable bonds is 9. The number of hydrogen-bond donors (Lipinski definition) is 1. The predicted octanol–water partition coefficient (Wildman–Crippen LogP) is 4.94. The van der Waals surface area contributed by atoms with Crippen molar-refractivity contribution in [2.75, 3.05) is 56.4 Å². The summed E-state index contributed by atoms with van der Waals surface area (Å²) in [5.74, 6) is 1.66. The van der Waals surface area contributed by atoms with Crippen molar-refractivity contribution in [3.05, 3.63) is 71.8 Å². The first-order valence-corrected chi connectivity index (χ1v) is 15.6. The third-order valence-electron chi connectivity index (χ3n) is 9.18. The number of methoxy groups -OCH3 is 1. The van der Waals surface area contributed by atoms with Gasteiger partial charge in [-0.3, -0.25) is 9.59 Å². The lowest BCUT2D eigenvalue weighted by Crippen LogP contribution is -2.47. The Morgan fingerprint density at radius 3 is 2.74 bits per heavy atom. The highest BCUT2D eigenvalue weighted by atomic mass is 16.5. The van der Waals surface area contributed by atoms with Gasteiger partial charge in [-0.2, -0.15) is 0 Å². The largest absolute Gasteiger partial charge is 0.493 e. The van der Waals surface area contributed by atoms with E-state index in [-0.39, 0.29) is 36.3 Å². The fraction of sp³-hybridized carbons (Fsp3) is 0.429. The molecule has 0 unspecified atom stereocenters. The molecule has 1 aliphatic carbocycles. The molecule has 3 aliphatic heterocycles. The molecule has 8 nitrogen and oxygen atoms in total. The fourth-order valence-corrected chi connectivity index (χ4v) is 6.81. The normalized spacial score (nSPS) is 21.0. The quantitative estimate of drug-likeness (QED) is 0.361. The molecule has 7 rings (SSSR count). The maximum Gasteiger partial charge on any atom is 0.265 e. The van der Waals surface area contributed by atoms with Gasteiger partial charge in [-0.1, -0.05) is 30.3 Å². The molecule has 1 N–H and O–H groups in total. The standard InChI is InChI=1S/C35H39N3O5/c1-41-16-3-15-37-31-20-28(9-11-33(31)43-22-34(37)39)38(27-7-8-27)35(40)30-21-36-14-12-29(30)25-5-2-4-23(18-25)24-6-10-32-26(19-24)13-17-42-32/h2,4-6,9-11,18-20,27,29-30,36H,3,7-8,12-17,21-22H2,1H3/t29-,30+/m1/s1. The molecule has 0 spiro atoms. The summed E-state index contributed by atoms with van der Waals surface area (Å²) in [6.45, 7) is 3.42. The summed E-state index contributed by atoms with van der Waals surface area (Å²) in [6, 6.07) is 21.2. The number of nitrogens with zero attached hydrogens (tertiary/aromatic N) is 2. The minimum atomic E-state index is -0.190. The smallest absolute Gasteiger partial charge is 0.265 e. The van der Waals surface area contributed by atoms with Crippen LogP contribution in [0.2, 0.25) is 0 Å². The Morgan fingerprint density at radius 2 is 1.88 bits per heavy atom. The van der Waals surface area contributed by atoms with Crippen molar-refractivity contribution in [1.29, 1.82) is 0 Å². The highest BCUT2D eigenvalue weighted by Gasteiger charge is 2.41. The molecule has 43 heavy (non-hydrogen) atoms. The molecule has 4 aliphatic rings.